The highest BCUT2D eigenvalue weighted by Crippen LogP contribution is 2.37. The van der Waals surface area contributed by atoms with Crippen molar-refractivity contribution < 1.29 is 49.7 Å². The Kier molecular flexibility index (Phi) is 21.0. The minimum Gasteiger partial charge on any atom is -0.415 e. The molecule has 340 valence electrons. The molecule has 1 heterocycles. The molecule has 0 aliphatic carbocycles. The van der Waals surface area contributed by atoms with Crippen molar-refractivity contribution in [2.75, 3.05) is 20.3 Å². The highest BCUT2D eigenvalue weighted by Gasteiger charge is 2.54. The van der Waals surface area contributed by atoms with Crippen LogP contribution in [0.25, 0.3) is 0 Å². The van der Waals surface area contributed by atoms with Gasteiger partial charge in [0.2, 0.25) is 0 Å². The molecule has 1 aliphatic rings. The lowest BCUT2D eigenvalue weighted by molar-refractivity contribution is -0.313. The van der Waals surface area contributed by atoms with Crippen LogP contribution in [0.2, 0.25) is 157 Å². The second kappa shape index (κ2) is 21.5. The average Bonchev–Trinajstić information content (AvgIpc) is 2.92. The first kappa shape index (κ1) is 55.8. The molecule has 1 fully saturated rings. The van der Waals surface area contributed by atoms with Gasteiger partial charge in [-0.1, -0.05) is 5.16 Å². The van der Waals surface area contributed by atoms with Gasteiger partial charge in [-0.3, -0.25) is 0 Å². The topological polar surface area (TPSA) is 114 Å². The highest BCUT2D eigenvalue weighted by atomic mass is 28.4. The number of hydrogen-bond acceptors (Lipinski definition) is 12. The van der Waals surface area contributed by atoms with Gasteiger partial charge in [0.05, 0.1) is 25.5 Å². The molecule has 1 aliphatic heterocycles. The van der Waals surface area contributed by atoms with Crippen LogP contribution < -0.4 is 0 Å². The van der Waals surface area contributed by atoms with Crippen molar-refractivity contribution in [2.45, 2.75) is 212 Å². The van der Waals surface area contributed by atoms with Crippen LogP contribution in [0.1, 0.15) is 0 Å². The van der Waals surface area contributed by atoms with Gasteiger partial charge in [0, 0.05) is 0 Å². The monoisotopic (exact) mass is 947 g/mol. The Bertz CT molecular complexity index is 1210. The van der Waals surface area contributed by atoms with Gasteiger partial charge in [0.15, 0.2) is 72.8 Å². The summed E-state index contributed by atoms with van der Waals surface area (Å²) < 4.78 is 70.9. The fourth-order valence-electron chi connectivity index (χ4n) is 6.03. The predicted octanol–water partition coefficient (Wildman–Crippen LogP) is 9.75. The van der Waals surface area contributed by atoms with Crippen molar-refractivity contribution in [2.24, 2.45) is 5.16 Å². The summed E-state index contributed by atoms with van der Waals surface area (Å²) in [5.74, 6) is 0. The SMILES string of the molecule is CON=CC(O[Si](C)(C)C)C(OC1OC(CO[Si](C)(C)C)C(O[Si](C)(C)C)C(O[Si](C)(C)C)C1O[Si](C)(C)C)C(O[Si](C)(C)C)C(CO[Si](C)(C)C)O[Si](C)(C)C. The standard InChI is InChI=1S/C37H89NO11Si8/c1-39-38-26-29(44-52(8,9)10)32(34(47-55(17,18)19)31(45-53(11,12)13)28-41-51(5,6)7)43-37-36(49-57(23,24)25)35(48-56(20,21)22)33(46-54(14,15)16)30(42-37)27-40-50(2,3)4/h26,29-37H,27-28H2,1-25H3. The third kappa shape index (κ3) is 24.9. The molecule has 0 radical (unpaired) electrons. The molecule has 9 atom stereocenters. The first-order chi connectivity index (χ1) is 25.2. The Morgan fingerprint density at radius 3 is 1.33 bits per heavy atom. The smallest absolute Gasteiger partial charge is 0.186 e. The summed E-state index contributed by atoms with van der Waals surface area (Å²) in [6, 6.07) is 0. The van der Waals surface area contributed by atoms with Crippen molar-refractivity contribution in [1.82, 2.24) is 0 Å². The zero-order valence-electron chi connectivity index (χ0n) is 41.1. The van der Waals surface area contributed by atoms with E-state index < -0.39 is 122 Å². The van der Waals surface area contributed by atoms with E-state index in [1.807, 2.05) is 0 Å². The molecular formula is C37H89NO11Si8. The molecule has 20 heteroatoms. The van der Waals surface area contributed by atoms with Gasteiger partial charge < -0.3 is 49.7 Å². The number of hydrogen-bond donors (Lipinski definition) is 0. The molecular weight excluding hydrogens is 859 g/mol. The van der Waals surface area contributed by atoms with Crippen molar-refractivity contribution >= 4 is 72.8 Å². The van der Waals surface area contributed by atoms with Gasteiger partial charge in [0.1, 0.15) is 49.8 Å². The summed E-state index contributed by atoms with van der Waals surface area (Å²) in [6.45, 7) is 53.2. The van der Waals surface area contributed by atoms with Crippen LogP contribution in [0.5, 0.6) is 0 Å². The third-order valence-electron chi connectivity index (χ3n) is 7.52. The number of rotatable bonds is 25. The van der Waals surface area contributed by atoms with Crippen LogP contribution in [0.4, 0.5) is 0 Å². The molecule has 0 aromatic heterocycles. The van der Waals surface area contributed by atoms with Crippen molar-refractivity contribution in [1.29, 1.82) is 0 Å². The van der Waals surface area contributed by atoms with Gasteiger partial charge >= 0.3 is 0 Å². The van der Waals surface area contributed by atoms with Crippen molar-refractivity contribution in [3.8, 4) is 0 Å². The van der Waals surface area contributed by atoms with Crippen LogP contribution in [-0.2, 0) is 49.7 Å². The first-order valence-corrected chi connectivity index (χ1v) is 48.2. The van der Waals surface area contributed by atoms with Crippen LogP contribution in [0.15, 0.2) is 5.16 Å². The largest absolute Gasteiger partial charge is 0.415 e. The molecule has 9 unspecified atom stereocenters. The number of oxime groups is 1. The molecule has 12 nitrogen and oxygen atoms in total. The lowest BCUT2D eigenvalue weighted by atomic mass is 9.98. The van der Waals surface area contributed by atoms with Crippen LogP contribution in [-0.4, -0.2) is 148 Å². The van der Waals surface area contributed by atoms with E-state index in [0.717, 1.165) is 0 Å². The second-order valence-corrected chi connectivity index (χ2v) is 59.0. The van der Waals surface area contributed by atoms with Crippen LogP contribution in [0.3, 0.4) is 0 Å². The zero-order chi connectivity index (χ0) is 44.8. The third-order valence-corrected chi connectivity index (χ3v) is 15.5. The van der Waals surface area contributed by atoms with Gasteiger partial charge in [-0.15, -0.1) is 0 Å². The normalized spacial score (nSPS) is 24.8. The minimum absolute atomic E-state index is 0.334. The second-order valence-electron chi connectivity index (χ2n) is 23.2. The number of nitrogens with zero attached hydrogens (tertiary/aromatic N) is 1. The van der Waals surface area contributed by atoms with E-state index >= 15 is 0 Å². The Labute approximate surface area is 358 Å². The van der Waals surface area contributed by atoms with Crippen LogP contribution in [0, 0.1) is 0 Å². The molecule has 0 saturated carbocycles. The van der Waals surface area contributed by atoms with E-state index in [1.54, 1.807) is 6.21 Å². The average molecular weight is 949 g/mol. The van der Waals surface area contributed by atoms with E-state index in [2.05, 4.69) is 162 Å². The van der Waals surface area contributed by atoms with E-state index in [-0.39, 0.29) is 0 Å². The van der Waals surface area contributed by atoms with Gasteiger partial charge in [-0.25, -0.2) is 0 Å². The molecule has 0 N–H and O–H groups in total. The summed E-state index contributed by atoms with van der Waals surface area (Å²) in [4.78, 5) is 5.32. The van der Waals surface area contributed by atoms with Crippen molar-refractivity contribution in [3.05, 3.63) is 0 Å². The Morgan fingerprint density at radius 1 is 0.491 bits per heavy atom. The molecule has 0 aromatic carbocycles. The Morgan fingerprint density at radius 2 is 0.930 bits per heavy atom. The molecule has 57 heavy (non-hydrogen) atoms. The predicted molar refractivity (Wildman–Crippen MR) is 257 cm³/mol. The summed E-state index contributed by atoms with van der Waals surface area (Å²) in [5.41, 5.74) is 0. The molecule has 0 bridgehead atoms. The Hall–Kier alpha value is 0.805. The fourth-order valence-corrected chi connectivity index (χ4v) is 13.8. The van der Waals surface area contributed by atoms with E-state index in [1.165, 1.54) is 7.11 Å². The lowest BCUT2D eigenvalue weighted by Crippen LogP contribution is -2.68. The fraction of sp³-hybridized carbons (Fsp3) is 0.973. The summed E-state index contributed by atoms with van der Waals surface area (Å²) in [5, 5.41) is 4.31. The lowest BCUT2D eigenvalue weighted by Gasteiger charge is -2.52. The molecule has 0 spiro atoms. The Balaban J connectivity index is 4.38. The molecule has 1 rings (SSSR count). The molecule has 1 saturated heterocycles. The summed E-state index contributed by atoms with van der Waals surface area (Å²) in [7, 11) is -15.8. The maximum absolute atomic E-state index is 7.54. The summed E-state index contributed by atoms with van der Waals surface area (Å²) >= 11 is 0. The zero-order valence-corrected chi connectivity index (χ0v) is 49.1. The first-order valence-electron chi connectivity index (χ1n) is 20.9. The van der Waals surface area contributed by atoms with Gasteiger partial charge in [0.25, 0.3) is 0 Å². The molecule has 0 aromatic rings. The molecule has 0 amide bonds. The van der Waals surface area contributed by atoms with E-state index in [4.69, 9.17) is 49.7 Å². The maximum atomic E-state index is 7.54. The van der Waals surface area contributed by atoms with Gasteiger partial charge in [-0.2, -0.15) is 0 Å². The van der Waals surface area contributed by atoms with E-state index in [9.17, 15) is 0 Å². The maximum Gasteiger partial charge on any atom is 0.186 e. The van der Waals surface area contributed by atoms with Gasteiger partial charge in [-0.05, 0) is 157 Å². The van der Waals surface area contributed by atoms with Crippen LogP contribution >= 0.6 is 0 Å². The van der Waals surface area contributed by atoms with E-state index in [0.29, 0.717) is 13.2 Å². The number of ether oxygens (including phenoxy) is 2. The highest BCUT2D eigenvalue weighted by molar-refractivity contribution is 6.72. The minimum atomic E-state index is -2.31. The quantitative estimate of drug-likeness (QED) is 0.0495. The summed E-state index contributed by atoms with van der Waals surface area (Å²) in [6.07, 6.45) is -3.88. The van der Waals surface area contributed by atoms with Crippen molar-refractivity contribution in [3.63, 3.8) is 0 Å².